The van der Waals surface area contributed by atoms with Gasteiger partial charge in [0.2, 0.25) is 0 Å². The number of amides is 1. The standard InChI is InChI=1S/C18H19NO2/c1-3-5-9-14-13-10-7-8-11-15(13)17(20)16(14)18(21)19-12-6-4-2/h7-8,10-11H,4,6,9,12H2,1-2H3,(H,19,21). The quantitative estimate of drug-likeness (QED) is 0.512. The van der Waals surface area contributed by atoms with E-state index in [-0.39, 0.29) is 17.3 Å². The molecule has 1 amide bonds. The average molecular weight is 281 g/mol. The van der Waals surface area contributed by atoms with Crippen LogP contribution in [0.2, 0.25) is 0 Å². The largest absolute Gasteiger partial charge is 0.352 e. The SMILES string of the molecule is CC#CCC1=C(C(=O)NCCCC)C(=O)c2ccccc21. The normalized spacial score (nSPS) is 12.8. The number of ketones is 1. The summed E-state index contributed by atoms with van der Waals surface area (Å²) in [4.78, 5) is 24.8. The summed E-state index contributed by atoms with van der Waals surface area (Å²) in [5.41, 5.74) is 2.45. The minimum absolute atomic E-state index is 0.187. The van der Waals surface area contributed by atoms with Gasteiger partial charge in [-0.1, -0.05) is 43.5 Å². The first-order valence-electron chi connectivity index (χ1n) is 7.25. The van der Waals surface area contributed by atoms with E-state index in [9.17, 15) is 9.59 Å². The van der Waals surface area contributed by atoms with Gasteiger partial charge in [-0.3, -0.25) is 9.59 Å². The number of carbonyl (C=O) groups excluding carboxylic acids is 2. The van der Waals surface area contributed by atoms with Crippen LogP contribution in [-0.4, -0.2) is 18.2 Å². The molecule has 0 atom stereocenters. The van der Waals surface area contributed by atoms with Crippen LogP contribution < -0.4 is 5.32 Å². The lowest BCUT2D eigenvalue weighted by molar-refractivity contribution is -0.117. The molecule has 0 heterocycles. The van der Waals surface area contributed by atoms with Crippen LogP contribution in [0.1, 0.15) is 49.0 Å². The Balaban J connectivity index is 2.36. The lowest BCUT2D eigenvalue weighted by Crippen LogP contribution is -2.28. The van der Waals surface area contributed by atoms with Crippen LogP contribution in [0.4, 0.5) is 0 Å². The monoisotopic (exact) mass is 281 g/mol. The molecule has 1 aromatic carbocycles. The Labute approximate surface area is 125 Å². The summed E-state index contributed by atoms with van der Waals surface area (Å²) >= 11 is 0. The van der Waals surface area contributed by atoms with E-state index in [1.165, 1.54) is 0 Å². The van der Waals surface area contributed by atoms with Crippen molar-refractivity contribution in [3.8, 4) is 11.8 Å². The van der Waals surface area contributed by atoms with E-state index in [0.29, 0.717) is 18.5 Å². The highest BCUT2D eigenvalue weighted by Gasteiger charge is 2.32. The summed E-state index contributed by atoms with van der Waals surface area (Å²) < 4.78 is 0. The van der Waals surface area contributed by atoms with Gasteiger partial charge in [-0.15, -0.1) is 5.92 Å². The fourth-order valence-electron chi connectivity index (χ4n) is 2.42. The van der Waals surface area contributed by atoms with Gasteiger partial charge in [-0.2, -0.15) is 0 Å². The molecule has 1 aliphatic rings. The van der Waals surface area contributed by atoms with E-state index < -0.39 is 0 Å². The average Bonchev–Trinajstić information content (AvgIpc) is 2.78. The fraction of sp³-hybridized carbons (Fsp3) is 0.333. The molecule has 1 N–H and O–H groups in total. The molecule has 0 aromatic heterocycles. The minimum atomic E-state index is -0.280. The molecule has 1 aromatic rings. The van der Waals surface area contributed by atoms with E-state index in [4.69, 9.17) is 0 Å². The molecule has 0 radical (unpaired) electrons. The molecule has 0 fully saturated rings. The second-order valence-corrected chi connectivity index (χ2v) is 4.94. The van der Waals surface area contributed by atoms with Gasteiger partial charge in [0.05, 0.1) is 5.57 Å². The molecule has 0 bridgehead atoms. The molecule has 108 valence electrons. The number of hydrogen-bond acceptors (Lipinski definition) is 2. The molecular weight excluding hydrogens is 262 g/mol. The van der Waals surface area contributed by atoms with Gasteiger partial charge in [-0.05, 0) is 24.5 Å². The summed E-state index contributed by atoms with van der Waals surface area (Å²) in [6, 6.07) is 7.34. The fourth-order valence-corrected chi connectivity index (χ4v) is 2.42. The van der Waals surface area contributed by atoms with Crippen LogP contribution in [0, 0.1) is 11.8 Å². The summed E-state index contributed by atoms with van der Waals surface area (Å²) in [5.74, 6) is 5.32. The first-order chi connectivity index (χ1) is 10.2. The van der Waals surface area contributed by atoms with Gasteiger partial charge in [0, 0.05) is 18.5 Å². The number of Topliss-reactive ketones (excluding diaryl/α,β-unsaturated/α-hetero) is 1. The summed E-state index contributed by atoms with van der Waals surface area (Å²) in [7, 11) is 0. The maximum Gasteiger partial charge on any atom is 0.255 e. The van der Waals surface area contributed by atoms with E-state index >= 15 is 0 Å². The molecule has 0 saturated carbocycles. The zero-order valence-electron chi connectivity index (χ0n) is 12.5. The number of fused-ring (bicyclic) bond motifs is 1. The van der Waals surface area contributed by atoms with Crippen molar-refractivity contribution >= 4 is 17.3 Å². The minimum Gasteiger partial charge on any atom is -0.352 e. The third-order valence-corrected chi connectivity index (χ3v) is 3.51. The number of benzene rings is 1. The second kappa shape index (κ2) is 6.90. The number of rotatable bonds is 5. The van der Waals surface area contributed by atoms with Crippen molar-refractivity contribution in [2.24, 2.45) is 0 Å². The van der Waals surface area contributed by atoms with Crippen molar-refractivity contribution in [1.29, 1.82) is 0 Å². The van der Waals surface area contributed by atoms with E-state index in [1.54, 1.807) is 13.0 Å². The first kappa shape index (κ1) is 15.1. The van der Waals surface area contributed by atoms with Gasteiger partial charge < -0.3 is 5.32 Å². The van der Waals surface area contributed by atoms with Gasteiger partial charge in [-0.25, -0.2) is 0 Å². The topological polar surface area (TPSA) is 46.2 Å². The van der Waals surface area contributed by atoms with Crippen molar-refractivity contribution in [1.82, 2.24) is 5.32 Å². The Morgan fingerprint density at radius 1 is 1.24 bits per heavy atom. The highest BCUT2D eigenvalue weighted by atomic mass is 16.2. The Morgan fingerprint density at radius 2 is 1.95 bits per heavy atom. The van der Waals surface area contributed by atoms with Crippen LogP contribution >= 0.6 is 0 Å². The number of nitrogens with one attached hydrogen (secondary N) is 1. The third kappa shape index (κ3) is 3.05. The smallest absolute Gasteiger partial charge is 0.255 e. The van der Waals surface area contributed by atoms with Crippen LogP contribution in [0.25, 0.3) is 5.57 Å². The van der Waals surface area contributed by atoms with E-state index in [0.717, 1.165) is 24.0 Å². The molecule has 3 heteroatoms. The molecule has 21 heavy (non-hydrogen) atoms. The van der Waals surface area contributed by atoms with Crippen LogP contribution in [0.3, 0.4) is 0 Å². The third-order valence-electron chi connectivity index (χ3n) is 3.51. The Hall–Kier alpha value is -2.34. The Morgan fingerprint density at radius 3 is 2.62 bits per heavy atom. The number of hydrogen-bond donors (Lipinski definition) is 1. The van der Waals surface area contributed by atoms with E-state index in [2.05, 4.69) is 24.1 Å². The van der Waals surface area contributed by atoms with Crippen LogP contribution in [-0.2, 0) is 4.79 Å². The highest BCUT2D eigenvalue weighted by Crippen LogP contribution is 2.34. The summed E-state index contributed by atoms with van der Waals surface area (Å²) in [5, 5.41) is 2.83. The molecule has 2 rings (SSSR count). The molecule has 0 saturated heterocycles. The van der Waals surface area contributed by atoms with Crippen molar-refractivity contribution in [3.63, 3.8) is 0 Å². The number of allylic oxidation sites excluding steroid dienone is 1. The Kier molecular flexibility index (Phi) is 4.94. The maximum atomic E-state index is 12.5. The zero-order chi connectivity index (χ0) is 15.2. The lowest BCUT2D eigenvalue weighted by atomic mass is 10.0. The maximum absolute atomic E-state index is 12.5. The van der Waals surface area contributed by atoms with E-state index in [1.807, 2.05) is 18.2 Å². The van der Waals surface area contributed by atoms with Gasteiger partial charge in [0.25, 0.3) is 5.91 Å². The highest BCUT2D eigenvalue weighted by molar-refractivity contribution is 6.34. The summed E-state index contributed by atoms with van der Waals surface area (Å²) in [6.07, 6.45) is 2.34. The molecule has 3 nitrogen and oxygen atoms in total. The number of carbonyl (C=O) groups is 2. The van der Waals surface area contributed by atoms with Gasteiger partial charge in [0.15, 0.2) is 5.78 Å². The molecule has 0 spiro atoms. The van der Waals surface area contributed by atoms with Crippen molar-refractivity contribution in [3.05, 3.63) is 41.0 Å². The van der Waals surface area contributed by atoms with Crippen molar-refractivity contribution < 1.29 is 9.59 Å². The van der Waals surface area contributed by atoms with Crippen LogP contribution in [0.15, 0.2) is 29.8 Å². The second-order valence-electron chi connectivity index (χ2n) is 4.94. The molecule has 0 aliphatic heterocycles. The summed E-state index contributed by atoms with van der Waals surface area (Å²) in [6.45, 7) is 4.41. The predicted octanol–water partition coefficient (Wildman–Crippen LogP) is 2.97. The number of unbranched alkanes of at least 4 members (excludes halogenated alkanes) is 1. The molecular formula is C18H19NO2. The van der Waals surface area contributed by atoms with Crippen molar-refractivity contribution in [2.45, 2.75) is 33.1 Å². The van der Waals surface area contributed by atoms with Gasteiger partial charge in [0.1, 0.15) is 0 Å². The predicted molar refractivity (Wildman–Crippen MR) is 83.7 cm³/mol. The molecule has 0 unspecified atom stereocenters. The zero-order valence-corrected chi connectivity index (χ0v) is 12.5. The lowest BCUT2D eigenvalue weighted by Gasteiger charge is -2.06. The van der Waals surface area contributed by atoms with Gasteiger partial charge >= 0.3 is 0 Å². The van der Waals surface area contributed by atoms with Crippen molar-refractivity contribution in [2.75, 3.05) is 6.54 Å². The Bertz CT molecular complexity index is 659. The van der Waals surface area contributed by atoms with Crippen LogP contribution in [0.5, 0.6) is 0 Å². The molecule has 1 aliphatic carbocycles. The first-order valence-corrected chi connectivity index (χ1v) is 7.25.